The number of carbonyl (C=O) groups excluding carboxylic acids is 1. The van der Waals surface area contributed by atoms with Crippen LogP contribution >= 0.6 is 37.2 Å². The first-order chi connectivity index (χ1) is 10.6. The van der Waals surface area contributed by atoms with Gasteiger partial charge in [-0.15, -0.1) is 37.2 Å². The molecular weight excluding hydrogens is 383 g/mol. The third kappa shape index (κ3) is 9.64. The van der Waals surface area contributed by atoms with Crippen LogP contribution in [0.2, 0.25) is 0 Å². The van der Waals surface area contributed by atoms with E-state index in [4.69, 9.17) is 5.73 Å². The molecule has 3 atom stereocenters. The number of likely N-dealkylation sites (N-methyl/N-ethyl adjacent to an activating group) is 1. The summed E-state index contributed by atoms with van der Waals surface area (Å²) in [6.45, 7) is 12.2. The summed E-state index contributed by atoms with van der Waals surface area (Å²) in [6, 6.07) is 0.219. The molecule has 0 aromatic rings. The van der Waals surface area contributed by atoms with Crippen molar-refractivity contribution >= 4 is 43.1 Å². The lowest BCUT2D eigenvalue weighted by Gasteiger charge is -2.35. The van der Waals surface area contributed by atoms with E-state index >= 15 is 0 Å². The topological polar surface area (TPSA) is 61.6 Å². The van der Waals surface area contributed by atoms with Gasteiger partial charge in [0.15, 0.2) is 0 Å². The Bertz CT molecular complexity index is 355. The molecule has 25 heavy (non-hydrogen) atoms. The van der Waals surface area contributed by atoms with Gasteiger partial charge in [-0.05, 0) is 31.7 Å². The van der Waals surface area contributed by atoms with E-state index in [1.807, 2.05) is 0 Å². The van der Waals surface area contributed by atoms with E-state index in [0.29, 0.717) is 5.92 Å². The maximum Gasteiger partial charge on any atom is 0.223 e. The molecule has 2 rings (SSSR count). The predicted molar refractivity (Wildman–Crippen MR) is 112 cm³/mol. The monoisotopic (exact) mass is 418 g/mol. The molecule has 0 radical (unpaired) electrons. The van der Waals surface area contributed by atoms with Gasteiger partial charge in [-0.2, -0.15) is 0 Å². The van der Waals surface area contributed by atoms with Crippen LogP contribution in [-0.4, -0.2) is 67.6 Å². The minimum Gasteiger partial charge on any atom is -0.356 e. The van der Waals surface area contributed by atoms with E-state index < -0.39 is 0 Å². The molecule has 3 N–H and O–H groups in total. The van der Waals surface area contributed by atoms with Crippen LogP contribution in [0.3, 0.4) is 0 Å². The van der Waals surface area contributed by atoms with Crippen molar-refractivity contribution in [1.29, 1.82) is 0 Å². The Morgan fingerprint density at radius 3 is 2.28 bits per heavy atom. The summed E-state index contributed by atoms with van der Waals surface area (Å²) >= 11 is 0. The predicted octanol–water partition coefficient (Wildman–Crippen LogP) is 2.16. The largest absolute Gasteiger partial charge is 0.356 e. The standard InChI is InChI=1S/C17H34N4O.3ClH/c1-3-20-7-9-21(10-8-20)13-14(2)12-19-17(22)15-5-4-6-16(18)11-15;;;/h14-16H,3-13,18H2,1-2H3,(H,19,22);3*1H. The molecule has 8 heteroatoms. The molecular formula is C17H37Cl3N4O. The maximum absolute atomic E-state index is 12.2. The zero-order valence-electron chi connectivity index (χ0n) is 15.6. The van der Waals surface area contributed by atoms with Crippen LogP contribution in [0, 0.1) is 11.8 Å². The summed E-state index contributed by atoms with van der Waals surface area (Å²) < 4.78 is 0. The number of halogens is 3. The zero-order valence-corrected chi connectivity index (χ0v) is 18.1. The molecule has 1 amide bonds. The molecule has 3 unspecified atom stereocenters. The Morgan fingerprint density at radius 2 is 1.72 bits per heavy atom. The number of nitrogens with zero attached hydrogens (tertiary/aromatic N) is 2. The van der Waals surface area contributed by atoms with Crippen molar-refractivity contribution in [1.82, 2.24) is 15.1 Å². The van der Waals surface area contributed by atoms with E-state index in [-0.39, 0.29) is 55.1 Å². The summed E-state index contributed by atoms with van der Waals surface area (Å²) in [5.74, 6) is 0.872. The second-order valence-electron chi connectivity index (χ2n) is 7.21. The van der Waals surface area contributed by atoms with Gasteiger partial charge in [-0.1, -0.05) is 20.3 Å². The Kier molecular flexibility index (Phi) is 15.7. The molecule has 1 aliphatic carbocycles. The second kappa shape index (κ2) is 14.3. The fourth-order valence-electron chi connectivity index (χ4n) is 3.68. The number of nitrogens with two attached hydrogens (primary N) is 1. The first-order valence-electron chi connectivity index (χ1n) is 9.06. The van der Waals surface area contributed by atoms with Crippen LogP contribution < -0.4 is 11.1 Å². The number of hydrogen-bond donors (Lipinski definition) is 2. The van der Waals surface area contributed by atoms with E-state index in [2.05, 4.69) is 29.0 Å². The highest BCUT2D eigenvalue weighted by Crippen LogP contribution is 2.23. The Labute approximate surface area is 172 Å². The van der Waals surface area contributed by atoms with Gasteiger partial charge in [0.1, 0.15) is 0 Å². The molecule has 1 saturated carbocycles. The van der Waals surface area contributed by atoms with Gasteiger partial charge >= 0.3 is 0 Å². The summed E-state index contributed by atoms with van der Waals surface area (Å²) in [6.07, 6.45) is 4.03. The SMILES string of the molecule is CCN1CCN(CC(C)CNC(=O)C2CCCC(N)C2)CC1.Cl.Cl.Cl. The molecule has 0 bridgehead atoms. The normalized spacial score (nSPS) is 25.7. The van der Waals surface area contributed by atoms with Gasteiger partial charge in [-0.25, -0.2) is 0 Å². The number of hydrogen-bond acceptors (Lipinski definition) is 4. The summed E-state index contributed by atoms with van der Waals surface area (Å²) in [7, 11) is 0. The van der Waals surface area contributed by atoms with E-state index in [9.17, 15) is 4.79 Å². The Balaban J connectivity index is 0. The van der Waals surface area contributed by atoms with Gasteiger partial charge in [0.2, 0.25) is 5.91 Å². The summed E-state index contributed by atoms with van der Waals surface area (Å²) in [5.41, 5.74) is 5.97. The minimum atomic E-state index is 0. The number of carbonyl (C=O) groups is 1. The van der Waals surface area contributed by atoms with Gasteiger partial charge in [0.25, 0.3) is 0 Å². The number of rotatable bonds is 6. The number of amides is 1. The molecule has 1 saturated heterocycles. The van der Waals surface area contributed by atoms with Gasteiger partial charge in [0.05, 0.1) is 0 Å². The molecule has 152 valence electrons. The second-order valence-corrected chi connectivity index (χ2v) is 7.21. The smallest absolute Gasteiger partial charge is 0.223 e. The van der Waals surface area contributed by atoms with Crippen molar-refractivity contribution in [2.24, 2.45) is 17.6 Å². The highest BCUT2D eigenvalue weighted by Gasteiger charge is 2.25. The zero-order chi connectivity index (χ0) is 15.9. The molecule has 0 aromatic heterocycles. The molecule has 0 aromatic carbocycles. The molecule has 5 nitrogen and oxygen atoms in total. The van der Waals surface area contributed by atoms with E-state index in [1.54, 1.807) is 0 Å². The highest BCUT2D eigenvalue weighted by atomic mass is 35.5. The highest BCUT2D eigenvalue weighted by molar-refractivity contribution is 5.86. The molecule has 2 aliphatic rings. The Hall–Kier alpha value is 0.220. The van der Waals surface area contributed by atoms with Crippen molar-refractivity contribution in [3.63, 3.8) is 0 Å². The summed E-state index contributed by atoms with van der Waals surface area (Å²) in [4.78, 5) is 17.3. The fraction of sp³-hybridized carbons (Fsp3) is 0.941. The molecule has 2 fully saturated rings. The number of nitrogens with one attached hydrogen (secondary N) is 1. The molecule has 1 heterocycles. The van der Waals surface area contributed by atoms with E-state index in [1.165, 1.54) is 13.1 Å². The lowest BCUT2D eigenvalue weighted by Crippen LogP contribution is -2.48. The third-order valence-corrected chi connectivity index (χ3v) is 5.19. The maximum atomic E-state index is 12.2. The lowest BCUT2D eigenvalue weighted by molar-refractivity contribution is -0.126. The van der Waals surface area contributed by atoms with E-state index in [0.717, 1.165) is 58.4 Å². The van der Waals surface area contributed by atoms with Crippen LogP contribution in [0.4, 0.5) is 0 Å². The molecule has 0 spiro atoms. The quantitative estimate of drug-likeness (QED) is 0.692. The van der Waals surface area contributed by atoms with Gasteiger partial charge in [0, 0.05) is 51.2 Å². The minimum absolute atomic E-state index is 0. The van der Waals surface area contributed by atoms with Gasteiger partial charge in [-0.3, -0.25) is 4.79 Å². The number of piperazine rings is 1. The molecule has 1 aliphatic heterocycles. The van der Waals surface area contributed by atoms with Crippen LogP contribution in [0.5, 0.6) is 0 Å². The average molecular weight is 420 g/mol. The van der Waals surface area contributed by atoms with Crippen molar-refractivity contribution in [2.75, 3.05) is 45.8 Å². The van der Waals surface area contributed by atoms with Gasteiger partial charge < -0.3 is 20.9 Å². The first kappa shape index (κ1) is 27.4. The fourth-order valence-corrected chi connectivity index (χ4v) is 3.68. The van der Waals surface area contributed by atoms with Crippen LogP contribution in [0.25, 0.3) is 0 Å². The third-order valence-electron chi connectivity index (χ3n) is 5.19. The van der Waals surface area contributed by atoms with Crippen molar-refractivity contribution in [2.45, 2.75) is 45.6 Å². The van der Waals surface area contributed by atoms with Crippen molar-refractivity contribution in [3.8, 4) is 0 Å². The van der Waals surface area contributed by atoms with Crippen LogP contribution in [0.15, 0.2) is 0 Å². The van der Waals surface area contributed by atoms with Crippen LogP contribution in [-0.2, 0) is 4.79 Å². The van der Waals surface area contributed by atoms with Crippen molar-refractivity contribution in [3.05, 3.63) is 0 Å². The van der Waals surface area contributed by atoms with Crippen molar-refractivity contribution < 1.29 is 4.79 Å². The summed E-state index contributed by atoms with van der Waals surface area (Å²) in [5, 5.41) is 3.15. The lowest BCUT2D eigenvalue weighted by atomic mass is 9.85. The first-order valence-corrected chi connectivity index (χ1v) is 9.06. The van der Waals surface area contributed by atoms with Crippen LogP contribution in [0.1, 0.15) is 39.5 Å². The average Bonchev–Trinajstić information content (AvgIpc) is 2.53. The Morgan fingerprint density at radius 1 is 1.12 bits per heavy atom.